The maximum atomic E-state index is 13.7. The standard InChI is InChI=1S/C12H15F2N3O2/c13-10-5-9(17(18)19)6-11(14)12(10)16-8-3-1-2-4-15-7-8/h5-6,8,15-16H,1-4,7H2. The van der Waals surface area contributed by atoms with Gasteiger partial charge in [-0.05, 0) is 19.4 Å². The van der Waals surface area contributed by atoms with Crippen LogP contribution in [0.25, 0.3) is 0 Å². The molecule has 0 radical (unpaired) electrons. The van der Waals surface area contributed by atoms with Crippen LogP contribution in [-0.4, -0.2) is 24.1 Å². The molecule has 1 atom stereocenters. The number of rotatable bonds is 3. The van der Waals surface area contributed by atoms with Crippen molar-refractivity contribution in [2.24, 2.45) is 0 Å². The zero-order valence-corrected chi connectivity index (χ0v) is 10.3. The smallest absolute Gasteiger partial charge is 0.275 e. The van der Waals surface area contributed by atoms with Gasteiger partial charge in [0.2, 0.25) is 0 Å². The minimum absolute atomic E-state index is 0.0760. The lowest BCUT2D eigenvalue weighted by Gasteiger charge is -2.18. The Bertz CT molecular complexity index is 451. The molecule has 0 saturated carbocycles. The van der Waals surface area contributed by atoms with Crippen LogP contribution >= 0.6 is 0 Å². The van der Waals surface area contributed by atoms with E-state index < -0.39 is 22.2 Å². The van der Waals surface area contributed by atoms with Crippen molar-refractivity contribution in [3.8, 4) is 0 Å². The summed E-state index contributed by atoms with van der Waals surface area (Å²) < 4.78 is 27.4. The van der Waals surface area contributed by atoms with Crippen LogP contribution < -0.4 is 10.6 Å². The Kier molecular flexibility index (Phi) is 4.26. The summed E-state index contributed by atoms with van der Waals surface area (Å²) in [5.74, 6) is -1.87. The van der Waals surface area contributed by atoms with Crippen molar-refractivity contribution in [2.45, 2.75) is 25.3 Å². The molecule has 0 spiro atoms. The zero-order valence-electron chi connectivity index (χ0n) is 10.3. The Labute approximate surface area is 109 Å². The largest absolute Gasteiger partial charge is 0.376 e. The second-order valence-electron chi connectivity index (χ2n) is 4.58. The quantitative estimate of drug-likeness (QED) is 0.654. The normalized spacial score (nSPS) is 19.8. The predicted molar refractivity (Wildman–Crippen MR) is 67.1 cm³/mol. The zero-order chi connectivity index (χ0) is 13.8. The van der Waals surface area contributed by atoms with Gasteiger partial charge in [-0.3, -0.25) is 10.1 Å². The first-order valence-corrected chi connectivity index (χ1v) is 6.18. The highest BCUT2D eigenvalue weighted by Crippen LogP contribution is 2.26. The maximum absolute atomic E-state index is 13.7. The molecule has 1 aromatic rings. The van der Waals surface area contributed by atoms with Crippen LogP contribution in [0.1, 0.15) is 19.3 Å². The number of nitro groups is 1. The molecule has 1 unspecified atom stereocenters. The molecule has 1 heterocycles. The van der Waals surface area contributed by atoms with Crippen LogP contribution in [0.15, 0.2) is 12.1 Å². The maximum Gasteiger partial charge on any atom is 0.275 e. The van der Waals surface area contributed by atoms with Crippen LogP contribution in [0.2, 0.25) is 0 Å². The minimum Gasteiger partial charge on any atom is -0.376 e. The summed E-state index contributed by atoms with van der Waals surface area (Å²) in [4.78, 5) is 9.68. The van der Waals surface area contributed by atoms with Gasteiger partial charge in [-0.25, -0.2) is 8.78 Å². The molecular weight excluding hydrogens is 256 g/mol. The highest BCUT2D eigenvalue weighted by Gasteiger charge is 2.20. The topological polar surface area (TPSA) is 67.2 Å². The molecule has 0 aliphatic carbocycles. The third-order valence-corrected chi connectivity index (χ3v) is 3.13. The van der Waals surface area contributed by atoms with Gasteiger partial charge in [-0.1, -0.05) is 6.42 Å². The minimum atomic E-state index is -0.934. The Hall–Kier alpha value is -1.76. The van der Waals surface area contributed by atoms with Gasteiger partial charge < -0.3 is 10.6 Å². The first-order chi connectivity index (χ1) is 9.08. The van der Waals surface area contributed by atoms with E-state index in [9.17, 15) is 18.9 Å². The van der Waals surface area contributed by atoms with Crippen LogP contribution in [0.5, 0.6) is 0 Å². The van der Waals surface area contributed by atoms with Crippen LogP contribution in [-0.2, 0) is 0 Å². The van der Waals surface area contributed by atoms with Gasteiger partial charge in [0.05, 0.1) is 17.1 Å². The van der Waals surface area contributed by atoms with Crippen molar-refractivity contribution in [3.05, 3.63) is 33.9 Å². The molecule has 1 saturated heterocycles. The Balaban J connectivity index is 2.17. The molecule has 0 aromatic heterocycles. The van der Waals surface area contributed by atoms with Crippen LogP contribution in [0, 0.1) is 21.7 Å². The van der Waals surface area contributed by atoms with E-state index >= 15 is 0 Å². The lowest BCUT2D eigenvalue weighted by atomic mass is 10.1. The fourth-order valence-electron chi connectivity index (χ4n) is 2.15. The van der Waals surface area contributed by atoms with E-state index in [-0.39, 0.29) is 11.7 Å². The van der Waals surface area contributed by atoms with Crippen LogP contribution in [0.4, 0.5) is 20.2 Å². The Morgan fingerprint density at radius 1 is 1.32 bits per heavy atom. The summed E-state index contributed by atoms with van der Waals surface area (Å²) in [7, 11) is 0. The molecule has 1 aliphatic heterocycles. The fraction of sp³-hybridized carbons (Fsp3) is 0.500. The first kappa shape index (κ1) is 13.7. The van der Waals surface area contributed by atoms with Crippen molar-refractivity contribution >= 4 is 11.4 Å². The molecule has 0 amide bonds. The van der Waals surface area contributed by atoms with Crippen molar-refractivity contribution in [2.75, 3.05) is 18.4 Å². The summed E-state index contributed by atoms with van der Waals surface area (Å²) in [5.41, 5.74) is -0.876. The van der Waals surface area contributed by atoms with Crippen molar-refractivity contribution in [1.29, 1.82) is 0 Å². The molecule has 7 heteroatoms. The van der Waals surface area contributed by atoms with E-state index in [4.69, 9.17) is 0 Å². The number of non-ortho nitro benzene ring substituents is 1. The Morgan fingerprint density at radius 3 is 2.63 bits per heavy atom. The van der Waals surface area contributed by atoms with E-state index in [1.807, 2.05) is 0 Å². The molecule has 19 heavy (non-hydrogen) atoms. The molecule has 104 valence electrons. The van der Waals surface area contributed by atoms with E-state index in [1.165, 1.54) is 0 Å². The summed E-state index contributed by atoms with van der Waals surface area (Å²) in [6.07, 6.45) is 2.81. The second-order valence-corrected chi connectivity index (χ2v) is 4.58. The number of hydrogen-bond donors (Lipinski definition) is 2. The van der Waals surface area contributed by atoms with E-state index in [0.29, 0.717) is 6.54 Å². The average Bonchev–Trinajstić information content (AvgIpc) is 2.61. The molecule has 0 bridgehead atoms. The Morgan fingerprint density at radius 2 is 2.00 bits per heavy atom. The molecule has 1 aliphatic rings. The second kappa shape index (κ2) is 5.92. The lowest BCUT2D eigenvalue weighted by Crippen LogP contribution is -2.31. The summed E-state index contributed by atoms with van der Waals surface area (Å²) in [6, 6.07) is 1.39. The number of hydrogen-bond acceptors (Lipinski definition) is 4. The monoisotopic (exact) mass is 271 g/mol. The highest BCUT2D eigenvalue weighted by molar-refractivity contribution is 5.52. The first-order valence-electron chi connectivity index (χ1n) is 6.18. The third kappa shape index (κ3) is 3.37. The molecule has 2 rings (SSSR count). The number of nitrogens with zero attached hydrogens (tertiary/aromatic N) is 1. The summed E-state index contributed by atoms with van der Waals surface area (Å²) in [6.45, 7) is 1.51. The lowest BCUT2D eigenvalue weighted by molar-refractivity contribution is -0.385. The number of nitrogens with one attached hydrogen (secondary N) is 2. The van der Waals surface area contributed by atoms with Crippen molar-refractivity contribution < 1.29 is 13.7 Å². The van der Waals surface area contributed by atoms with Crippen molar-refractivity contribution in [1.82, 2.24) is 5.32 Å². The third-order valence-electron chi connectivity index (χ3n) is 3.13. The average molecular weight is 271 g/mol. The highest BCUT2D eigenvalue weighted by atomic mass is 19.1. The van der Waals surface area contributed by atoms with Crippen molar-refractivity contribution in [3.63, 3.8) is 0 Å². The molecular formula is C12H15F2N3O2. The van der Waals surface area contributed by atoms with Gasteiger partial charge in [0.25, 0.3) is 5.69 Å². The van der Waals surface area contributed by atoms with E-state index in [0.717, 1.165) is 37.9 Å². The SMILES string of the molecule is O=[N+]([O-])c1cc(F)c(NC2CCCCNC2)c(F)c1. The van der Waals surface area contributed by atoms with E-state index in [1.54, 1.807) is 0 Å². The number of benzene rings is 1. The summed E-state index contributed by atoms with van der Waals surface area (Å²) in [5, 5.41) is 16.5. The molecule has 2 N–H and O–H groups in total. The van der Waals surface area contributed by atoms with Gasteiger partial charge in [0.15, 0.2) is 11.6 Å². The molecule has 5 nitrogen and oxygen atoms in total. The summed E-state index contributed by atoms with van der Waals surface area (Å²) >= 11 is 0. The number of nitro benzene ring substituents is 1. The van der Waals surface area contributed by atoms with E-state index in [2.05, 4.69) is 10.6 Å². The van der Waals surface area contributed by atoms with Gasteiger partial charge in [0, 0.05) is 12.6 Å². The van der Waals surface area contributed by atoms with Gasteiger partial charge in [-0.15, -0.1) is 0 Å². The van der Waals surface area contributed by atoms with Gasteiger partial charge >= 0.3 is 0 Å². The number of anilines is 1. The van der Waals surface area contributed by atoms with Gasteiger partial charge in [0.1, 0.15) is 5.69 Å². The van der Waals surface area contributed by atoms with Crippen LogP contribution in [0.3, 0.4) is 0 Å². The predicted octanol–water partition coefficient (Wildman–Crippen LogP) is 2.43. The molecule has 1 aromatic carbocycles. The molecule has 1 fully saturated rings. The fourth-order valence-corrected chi connectivity index (χ4v) is 2.15. The number of halogens is 2. The van der Waals surface area contributed by atoms with Gasteiger partial charge in [-0.2, -0.15) is 0 Å².